The molecule has 2 heterocycles. The number of nitrogens with zero attached hydrogens (tertiary/aromatic N) is 3. The van der Waals surface area contributed by atoms with Crippen LogP contribution in [0.2, 0.25) is 0 Å². The molecule has 0 amide bonds. The summed E-state index contributed by atoms with van der Waals surface area (Å²) in [5, 5.41) is 4.82. The molecule has 0 radical (unpaired) electrons. The Labute approximate surface area is 383 Å². The summed E-state index contributed by atoms with van der Waals surface area (Å²) in [5.41, 5.74) is 17.7. The Bertz CT molecular complexity index is 3720. The molecule has 0 atom stereocenters. The first-order chi connectivity index (χ1) is 32.7. The SMILES string of the molecule is c1ccc(-c2nc(-c3ccc4c(c3)-c3ccccc3C4(c3ccccc3)c3ccccc3)cc(-c3ccc(-c4cccc(-n5c6ccccc6c6ccccc65)c4)c4ccccc34)n2)cc1. The van der Waals surface area contributed by atoms with E-state index in [0.29, 0.717) is 5.82 Å². The molecule has 10 aromatic carbocycles. The molecule has 0 saturated heterocycles. The molecule has 0 fully saturated rings. The van der Waals surface area contributed by atoms with Crippen molar-refractivity contribution >= 4 is 32.6 Å². The Morgan fingerprint density at radius 2 is 0.833 bits per heavy atom. The molecule has 0 bridgehead atoms. The van der Waals surface area contributed by atoms with Crippen LogP contribution in [0.25, 0.3) is 94.4 Å². The van der Waals surface area contributed by atoms with Crippen molar-refractivity contribution in [2.24, 2.45) is 0 Å². The van der Waals surface area contributed by atoms with Gasteiger partial charge in [0, 0.05) is 33.2 Å². The molecular formula is C63H41N3. The second-order valence-electron chi connectivity index (χ2n) is 17.2. The normalized spacial score (nSPS) is 12.7. The summed E-state index contributed by atoms with van der Waals surface area (Å²) in [5.74, 6) is 0.693. The highest BCUT2D eigenvalue weighted by Gasteiger charge is 2.46. The van der Waals surface area contributed by atoms with Crippen LogP contribution < -0.4 is 0 Å². The second kappa shape index (κ2) is 15.3. The van der Waals surface area contributed by atoms with Crippen molar-refractivity contribution in [2.75, 3.05) is 0 Å². The van der Waals surface area contributed by atoms with Crippen LogP contribution in [-0.4, -0.2) is 14.5 Å². The monoisotopic (exact) mass is 839 g/mol. The number of aromatic nitrogens is 3. The van der Waals surface area contributed by atoms with Crippen LogP contribution in [0.3, 0.4) is 0 Å². The highest BCUT2D eigenvalue weighted by molar-refractivity contribution is 6.10. The molecule has 1 aliphatic carbocycles. The van der Waals surface area contributed by atoms with E-state index in [2.05, 4.69) is 247 Å². The van der Waals surface area contributed by atoms with Gasteiger partial charge >= 0.3 is 0 Å². The van der Waals surface area contributed by atoms with Crippen LogP contribution in [0.5, 0.6) is 0 Å². The van der Waals surface area contributed by atoms with Crippen LogP contribution in [0, 0.1) is 0 Å². The third kappa shape index (κ3) is 5.84. The summed E-state index contributed by atoms with van der Waals surface area (Å²) in [7, 11) is 0. The van der Waals surface area contributed by atoms with Gasteiger partial charge in [0.15, 0.2) is 5.82 Å². The van der Waals surface area contributed by atoms with Crippen LogP contribution in [0.4, 0.5) is 0 Å². The third-order valence-electron chi connectivity index (χ3n) is 13.7. The van der Waals surface area contributed by atoms with Gasteiger partial charge in [0.05, 0.1) is 27.8 Å². The van der Waals surface area contributed by atoms with Crippen molar-refractivity contribution < 1.29 is 0 Å². The lowest BCUT2D eigenvalue weighted by atomic mass is 9.67. The van der Waals surface area contributed by atoms with E-state index < -0.39 is 5.41 Å². The van der Waals surface area contributed by atoms with Crippen LogP contribution >= 0.6 is 0 Å². The number of fused-ring (bicyclic) bond motifs is 7. The maximum Gasteiger partial charge on any atom is 0.160 e. The van der Waals surface area contributed by atoms with Crippen molar-refractivity contribution in [1.29, 1.82) is 0 Å². The standard InChI is InChI=1S/C63H41N3/c1-4-19-42(20-5-1)62-64-58(44-35-38-57-55(40-44)51-29-12-15-32-56(51)63(57,45-22-6-2-7-23-45)46-24-8-3-9-25-46)41-59(65-62)52-37-36-48(49-27-10-11-28-50(49)52)43-21-18-26-47(39-43)66-60-33-16-13-30-53(60)54-31-14-17-34-61(54)66/h1-41H. The fourth-order valence-corrected chi connectivity index (χ4v) is 10.8. The van der Waals surface area contributed by atoms with Gasteiger partial charge in [0.1, 0.15) is 0 Å². The molecule has 308 valence electrons. The van der Waals surface area contributed by atoms with E-state index in [1.807, 2.05) is 6.07 Å². The summed E-state index contributed by atoms with van der Waals surface area (Å²) in [4.78, 5) is 10.7. The maximum atomic E-state index is 5.35. The van der Waals surface area contributed by atoms with E-state index in [4.69, 9.17) is 9.97 Å². The number of hydrogen-bond acceptors (Lipinski definition) is 2. The Morgan fingerprint density at radius 1 is 0.303 bits per heavy atom. The zero-order valence-electron chi connectivity index (χ0n) is 36.0. The average Bonchev–Trinajstić information content (AvgIpc) is 3.90. The van der Waals surface area contributed by atoms with Crippen LogP contribution in [0.1, 0.15) is 22.3 Å². The van der Waals surface area contributed by atoms with Gasteiger partial charge in [-0.3, -0.25) is 0 Å². The largest absolute Gasteiger partial charge is 0.309 e. The molecule has 2 aromatic heterocycles. The van der Waals surface area contributed by atoms with E-state index in [0.717, 1.165) is 44.7 Å². The second-order valence-corrected chi connectivity index (χ2v) is 17.2. The number of benzene rings is 10. The van der Waals surface area contributed by atoms with Crippen molar-refractivity contribution in [3.8, 4) is 61.8 Å². The number of hydrogen-bond donors (Lipinski definition) is 0. The number of para-hydroxylation sites is 2. The molecule has 1 aliphatic rings. The zero-order chi connectivity index (χ0) is 43.6. The van der Waals surface area contributed by atoms with Crippen molar-refractivity contribution in [3.05, 3.63) is 271 Å². The Kier molecular flexibility index (Phi) is 8.75. The quantitative estimate of drug-likeness (QED) is 0.160. The molecule has 66 heavy (non-hydrogen) atoms. The predicted molar refractivity (Wildman–Crippen MR) is 273 cm³/mol. The van der Waals surface area contributed by atoms with Gasteiger partial charge in [-0.1, -0.05) is 212 Å². The Hall–Kier alpha value is -8.66. The van der Waals surface area contributed by atoms with E-state index in [1.54, 1.807) is 0 Å². The zero-order valence-corrected chi connectivity index (χ0v) is 36.0. The van der Waals surface area contributed by atoms with Gasteiger partial charge in [-0.2, -0.15) is 0 Å². The van der Waals surface area contributed by atoms with Crippen LogP contribution in [-0.2, 0) is 5.41 Å². The van der Waals surface area contributed by atoms with Crippen molar-refractivity contribution in [1.82, 2.24) is 14.5 Å². The highest BCUT2D eigenvalue weighted by atomic mass is 15.0. The summed E-state index contributed by atoms with van der Waals surface area (Å²) in [6.07, 6.45) is 0. The lowest BCUT2D eigenvalue weighted by Crippen LogP contribution is -2.28. The minimum absolute atomic E-state index is 0.470. The fraction of sp³-hybridized carbons (Fsp3) is 0.0159. The molecule has 0 saturated carbocycles. The molecule has 3 heteroatoms. The predicted octanol–water partition coefficient (Wildman–Crippen LogP) is 15.8. The van der Waals surface area contributed by atoms with E-state index in [1.165, 1.54) is 66.1 Å². The molecule has 0 N–H and O–H groups in total. The minimum atomic E-state index is -0.470. The Balaban J connectivity index is 0.975. The molecule has 13 rings (SSSR count). The van der Waals surface area contributed by atoms with Gasteiger partial charge in [0.25, 0.3) is 0 Å². The lowest BCUT2D eigenvalue weighted by molar-refractivity contribution is 0.768. The van der Waals surface area contributed by atoms with Gasteiger partial charge in [-0.25, -0.2) is 9.97 Å². The summed E-state index contributed by atoms with van der Waals surface area (Å²) >= 11 is 0. The fourth-order valence-electron chi connectivity index (χ4n) is 10.8. The smallest absolute Gasteiger partial charge is 0.160 e. The summed E-state index contributed by atoms with van der Waals surface area (Å²) < 4.78 is 2.39. The van der Waals surface area contributed by atoms with Crippen molar-refractivity contribution in [3.63, 3.8) is 0 Å². The van der Waals surface area contributed by atoms with E-state index >= 15 is 0 Å². The van der Waals surface area contributed by atoms with Gasteiger partial charge in [-0.05, 0) is 91.7 Å². The average molecular weight is 840 g/mol. The maximum absolute atomic E-state index is 5.35. The minimum Gasteiger partial charge on any atom is -0.309 e. The first-order valence-corrected chi connectivity index (χ1v) is 22.7. The molecule has 0 spiro atoms. The van der Waals surface area contributed by atoms with Crippen LogP contribution in [0.15, 0.2) is 249 Å². The van der Waals surface area contributed by atoms with Gasteiger partial charge < -0.3 is 4.57 Å². The van der Waals surface area contributed by atoms with Crippen molar-refractivity contribution in [2.45, 2.75) is 5.41 Å². The Morgan fingerprint density at radius 3 is 1.53 bits per heavy atom. The number of rotatable bonds is 7. The first kappa shape index (κ1) is 37.9. The van der Waals surface area contributed by atoms with Gasteiger partial charge in [0.2, 0.25) is 0 Å². The first-order valence-electron chi connectivity index (χ1n) is 22.7. The molecule has 0 unspecified atom stereocenters. The molecule has 3 nitrogen and oxygen atoms in total. The molecule has 0 aliphatic heterocycles. The summed E-state index contributed by atoms with van der Waals surface area (Å²) in [6, 6.07) is 89.9. The van der Waals surface area contributed by atoms with E-state index in [-0.39, 0.29) is 0 Å². The van der Waals surface area contributed by atoms with E-state index in [9.17, 15) is 0 Å². The topological polar surface area (TPSA) is 30.7 Å². The summed E-state index contributed by atoms with van der Waals surface area (Å²) in [6.45, 7) is 0. The molecule has 12 aromatic rings. The highest BCUT2D eigenvalue weighted by Crippen LogP contribution is 2.56. The lowest BCUT2D eigenvalue weighted by Gasteiger charge is -2.33. The third-order valence-corrected chi connectivity index (χ3v) is 13.7. The molecular weight excluding hydrogens is 799 g/mol. The van der Waals surface area contributed by atoms with Gasteiger partial charge in [-0.15, -0.1) is 0 Å².